The standard InChI is InChI=1S/C17H15N3O2.C2H4O2/c21-15-10-11-3-1-2-4-14(11)16(15)19-17(22)12-6-8-20-13(9-12)5-7-18-20;1-2(3)4/h1-9,15-16,21H,10H2,(H,19,22);1H3,(H,3,4)/t15-,16+;/m1./s1. The average molecular weight is 353 g/mol. The fourth-order valence-electron chi connectivity index (χ4n) is 3.04. The number of pyridine rings is 1. The van der Waals surface area contributed by atoms with E-state index in [9.17, 15) is 9.90 Å². The first-order chi connectivity index (χ1) is 12.5. The van der Waals surface area contributed by atoms with Crippen molar-refractivity contribution in [3.8, 4) is 0 Å². The van der Waals surface area contributed by atoms with Crippen LogP contribution in [0.3, 0.4) is 0 Å². The summed E-state index contributed by atoms with van der Waals surface area (Å²) in [6, 6.07) is 12.8. The Morgan fingerprint density at radius 1 is 1.23 bits per heavy atom. The molecule has 7 heteroatoms. The topological polar surface area (TPSA) is 104 Å². The van der Waals surface area contributed by atoms with Gasteiger partial charge in [-0.2, -0.15) is 5.10 Å². The third-order valence-electron chi connectivity index (χ3n) is 4.15. The molecule has 1 aliphatic carbocycles. The van der Waals surface area contributed by atoms with Crippen LogP contribution in [0, 0.1) is 0 Å². The largest absolute Gasteiger partial charge is 0.481 e. The zero-order valence-corrected chi connectivity index (χ0v) is 14.2. The zero-order chi connectivity index (χ0) is 18.7. The summed E-state index contributed by atoms with van der Waals surface area (Å²) in [7, 11) is 0. The molecule has 0 saturated carbocycles. The number of aliphatic carboxylic acids is 1. The van der Waals surface area contributed by atoms with Gasteiger partial charge in [0.1, 0.15) is 0 Å². The molecule has 0 bridgehead atoms. The van der Waals surface area contributed by atoms with Crippen LogP contribution < -0.4 is 5.32 Å². The van der Waals surface area contributed by atoms with Gasteiger partial charge in [0.05, 0.1) is 17.7 Å². The van der Waals surface area contributed by atoms with E-state index >= 15 is 0 Å². The number of carbonyl (C=O) groups is 2. The van der Waals surface area contributed by atoms with Crippen LogP contribution in [-0.4, -0.2) is 37.8 Å². The van der Waals surface area contributed by atoms with Crippen LogP contribution in [0.1, 0.15) is 34.5 Å². The van der Waals surface area contributed by atoms with Gasteiger partial charge in [-0.1, -0.05) is 24.3 Å². The van der Waals surface area contributed by atoms with Gasteiger partial charge in [-0.25, -0.2) is 4.52 Å². The number of amides is 1. The summed E-state index contributed by atoms with van der Waals surface area (Å²) < 4.78 is 1.70. The number of nitrogens with one attached hydrogen (secondary N) is 1. The van der Waals surface area contributed by atoms with Crippen LogP contribution in [-0.2, 0) is 11.2 Å². The minimum atomic E-state index is -0.833. The van der Waals surface area contributed by atoms with Crippen molar-refractivity contribution in [1.82, 2.24) is 14.9 Å². The maximum Gasteiger partial charge on any atom is 0.300 e. The van der Waals surface area contributed by atoms with Gasteiger partial charge in [0.15, 0.2) is 0 Å². The number of rotatable bonds is 2. The second-order valence-electron chi connectivity index (χ2n) is 6.06. The maximum atomic E-state index is 12.5. The van der Waals surface area contributed by atoms with Crippen LogP contribution in [0.25, 0.3) is 5.52 Å². The van der Waals surface area contributed by atoms with Crippen molar-refractivity contribution in [3.63, 3.8) is 0 Å². The van der Waals surface area contributed by atoms with Crippen LogP contribution >= 0.6 is 0 Å². The minimum absolute atomic E-state index is 0.190. The Bertz CT molecular complexity index is 947. The van der Waals surface area contributed by atoms with Gasteiger partial charge in [0.2, 0.25) is 0 Å². The number of aliphatic hydroxyl groups is 1. The predicted octanol–water partition coefficient (Wildman–Crippen LogP) is 1.81. The van der Waals surface area contributed by atoms with Crippen LogP contribution in [0.4, 0.5) is 0 Å². The fourth-order valence-corrected chi connectivity index (χ4v) is 3.04. The summed E-state index contributed by atoms with van der Waals surface area (Å²) in [6.07, 6.45) is 3.43. The first-order valence-electron chi connectivity index (χ1n) is 8.15. The van der Waals surface area contributed by atoms with E-state index in [4.69, 9.17) is 9.90 Å². The normalized spacial score (nSPS) is 17.9. The molecule has 26 heavy (non-hydrogen) atoms. The fraction of sp³-hybridized carbons (Fsp3) is 0.211. The molecule has 0 unspecified atom stereocenters. The number of carbonyl (C=O) groups excluding carboxylic acids is 1. The highest BCUT2D eigenvalue weighted by Crippen LogP contribution is 2.31. The SMILES string of the molecule is CC(=O)O.O=C(N[C@H]1c2ccccc2C[C@H]1O)c1ccn2nccc2c1. The highest BCUT2D eigenvalue weighted by Gasteiger charge is 2.32. The van der Waals surface area contributed by atoms with Crippen LogP contribution in [0.15, 0.2) is 54.9 Å². The molecule has 1 aromatic carbocycles. The third-order valence-corrected chi connectivity index (χ3v) is 4.15. The lowest BCUT2D eigenvalue weighted by atomic mass is 10.1. The summed E-state index contributed by atoms with van der Waals surface area (Å²) in [4.78, 5) is 21.5. The van der Waals surface area contributed by atoms with Crippen LogP contribution in [0.5, 0.6) is 0 Å². The lowest BCUT2D eigenvalue weighted by molar-refractivity contribution is -0.134. The Morgan fingerprint density at radius 2 is 1.96 bits per heavy atom. The molecule has 2 aromatic heterocycles. The van der Waals surface area contributed by atoms with Gasteiger partial charge >= 0.3 is 0 Å². The van der Waals surface area contributed by atoms with E-state index in [-0.39, 0.29) is 11.9 Å². The minimum Gasteiger partial charge on any atom is -0.481 e. The molecule has 3 N–H and O–H groups in total. The average Bonchev–Trinajstić information content (AvgIpc) is 3.18. The number of aliphatic hydroxyl groups excluding tert-OH is 1. The number of nitrogens with zero attached hydrogens (tertiary/aromatic N) is 2. The summed E-state index contributed by atoms with van der Waals surface area (Å²) in [5, 5.41) is 24.7. The zero-order valence-electron chi connectivity index (χ0n) is 14.2. The molecule has 2 heterocycles. The smallest absolute Gasteiger partial charge is 0.300 e. The Hall–Kier alpha value is -3.19. The molecule has 0 radical (unpaired) electrons. The van der Waals surface area contributed by atoms with Gasteiger partial charge in [-0.05, 0) is 29.3 Å². The Balaban J connectivity index is 0.000000447. The highest BCUT2D eigenvalue weighted by atomic mass is 16.4. The molecule has 1 aliphatic rings. The summed E-state index contributed by atoms with van der Waals surface area (Å²) in [5.74, 6) is -1.02. The van der Waals surface area contributed by atoms with E-state index < -0.39 is 12.1 Å². The van der Waals surface area contributed by atoms with Crippen molar-refractivity contribution in [2.45, 2.75) is 25.5 Å². The molecular formula is C19H19N3O4. The Kier molecular flexibility index (Phi) is 4.99. The lowest BCUT2D eigenvalue weighted by Gasteiger charge is -2.18. The number of carboxylic acid groups (broad SMARTS) is 1. The van der Waals surface area contributed by atoms with Crippen molar-refractivity contribution < 1.29 is 19.8 Å². The number of hydrogen-bond donors (Lipinski definition) is 3. The van der Waals surface area contributed by atoms with Crippen LogP contribution in [0.2, 0.25) is 0 Å². The number of aromatic nitrogens is 2. The number of hydrogen-bond acceptors (Lipinski definition) is 4. The third kappa shape index (κ3) is 3.73. The molecule has 7 nitrogen and oxygen atoms in total. The molecule has 2 atom stereocenters. The number of carboxylic acids is 1. The highest BCUT2D eigenvalue weighted by molar-refractivity contribution is 5.95. The van der Waals surface area contributed by atoms with Gasteiger partial charge in [0, 0.05) is 31.3 Å². The summed E-state index contributed by atoms with van der Waals surface area (Å²) in [6.45, 7) is 1.08. The van der Waals surface area contributed by atoms with Crippen molar-refractivity contribution in [2.75, 3.05) is 0 Å². The molecule has 0 fully saturated rings. The van der Waals surface area contributed by atoms with E-state index in [0.717, 1.165) is 23.6 Å². The van der Waals surface area contributed by atoms with Crippen molar-refractivity contribution >= 4 is 17.4 Å². The Morgan fingerprint density at radius 3 is 2.73 bits per heavy atom. The van der Waals surface area contributed by atoms with Crippen molar-refractivity contribution in [3.05, 3.63) is 71.5 Å². The van der Waals surface area contributed by atoms with Crippen molar-refractivity contribution in [2.24, 2.45) is 0 Å². The quantitative estimate of drug-likeness (QED) is 0.652. The van der Waals surface area contributed by atoms with Crippen molar-refractivity contribution in [1.29, 1.82) is 0 Å². The van der Waals surface area contributed by atoms with E-state index in [1.807, 2.05) is 30.3 Å². The number of benzene rings is 1. The molecule has 0 aliphatic heterocycles. The van der Waals surface area contributed by atoms with E-state index in [1.54, 1.807) is 29.0 Å². The van der Waals surface area contributed by atoms with Gasteiger partial charge < -0.3 is 15.5 Å². The molecule has 0 spiro atoms. The second-order valence-corrected chi connectivity index (χ2v) is 6.06. The van der Waals surface area contributed by atoms with E-state index in [2.05, 4.69) is 10.4 Å². The maximum absolute atomic E-state index is 12.5. The number of fused-ring (bicyclic) bond motifs is 2. The molecule has 3 aromatic rings. The predicted molar refractivity (Wildman–Crippen MR) is 94.9 cm³/mol. The molecule has 0 saturated heterocycles. The van der Waals surface area contributed by atoms with E-state index in [1.165, 1.54) is 0 Å². The molecule has 4 rings (SSSR count). The molecular weight excluding hydrogens is 334 g/mol. The van der Waals surface area contributed by atoms with Gasteiger partial charge in [0.25, 0.3) is 11.9 Å². The lowest BCUT2D eigenvalue weighted by Crippen LogP contribution is -2.33. The monoisotopic (exact) mass is 353 g/mol. The van der Waals surface area contributed by atoms with Gasteiger partial charge in [-0.3, -0.25) is 9.59 Å². The summed E-state index contributed by atoms with van der Waals surface area (Å²) >= 11 is 0. The first-order valence-corrected chi connectivity index (χ1v) is 8.15. The summed E-state index contributed by atoms with van der Waals surface area (Å²) in [5.41, 5.74) is 3.50. The Labute approximate surface area is 149 Å². The van der Waals surface area contributed by atoms with E-state index in [0.29, 0.717) is 12.0 Å². The molecule has 1 amide bonds. The van der Waals surface area contributed by atoms with Gasteiger partial charge in [-0.15, -0.1) is 0 Å². The molecule has 134 valence electrons. The second kappa shape index (κ2) is 7.37. The first kappa shape index (κ1) is 17.6.